The molecule has 1 heterocycles. The highest BCUT2D eigenvalue weighted by atomic mass is 19.1. The summed E-state index contributed by atoms with van der Waals surface area (Å²) in [6.45, 7) is 4.56. The molecule has 0 atom stereocenters. The zero-order valence-electron chi connectivity index (χ0n) is 10.4. The zero-order chi connectivity index (χ0) is 12.5. The Morgan fingerprint density at radius 1 is 1.41 bits per heavy atom. The third kappa shape index (κ3) is 4.66. The molecule has 0 aliphatic heterocycles. The van der Waals surface area contributed by atoms with E-state index in [1.807, 2.05) is 0 Å². The predicted molar refractivity (Wildman–Crippen MR) is 66.6 cm³/mol. The quantitative estimate of drug-likeness (QED) is 0.681. The molecule has 0 fully saturated rings. The Hall–Kier alpha value is -1.20. The Labute approximate surface area is 102 Å². The first-order valence-electron chi connectivity index (χ1n) is 5.86. The van der Waals surface area contributed by atoms with Gasteiger partial charge in [-0.2, -0.15) is 0 Å². The maximum atomic E-state index is 13.9. The van der Waals surface area contributed by atoms with Gasteiger partial charge in [-0.1, -0.05) is 6.92 Å². The average Bonchev–Trinajstić information content (AvgIpc) is 2.34. The molecular formula is C12H20FN3O. The molecule has 1 rings (SSSR count). The van der Waals surface area contributed by atoms with Crippen molar-refractivity contribution in [2.75, 3.05) is 32.1 Å². The fourth-order valence-electron chi connectivity index (χ4n) is 1.41. The summed E-state index contributed by atoms with van der Waals surface area (Å²) < 4.78 is 18.8. The van der Waals surface area contributed by atoms with Gasteiger partial charge in [-0.25, -0.2) is 9.37 Å². The first-order valence-corrected chi connectivity index (χ1v) is 5.86. The molecule has 0 radical (unpaired) electrons. The molecule has 0 saturated heterocycles. The summed E-state index contributed by atoms with van der Waals surface area (Å²) in [7, 11) is 1.61. The Bertz CT molecular complexity index is 305. The lowest BCUT2D eigenvalue weighted by Gasteiger charge is -2.09. The second-order valence-electron chi connectivity index (χ2n) is 3.73. The van der Waals surface area contributed by atoms with Gasteiger partial charge >= 0.3 is 0 Å². The van der Waals surface area contributed by atoms with Gasteiger partial charge in [-0.15, -0.1) is 0 Å². The predicted octanol–water partition coefficient (Wildman–Crippen LogP) is 1.78. The van der Waals surface area contributed by atoms with Gasteiger partial charge in [0.05, 0.1) is 6.61 Å². The first kappa shape index (κ1) is 13.9. The minimum atomic E-state index is -0.285. The van der Waals surface area contributed by atoms with E-state index in [2.05, 4.69) is 22.5 Å². The molecule has 0 aromatic carbocycles. The fourth-order valence-corrected chi connectivity index (χ4v) is 1.41. The Morgan fingerprint density at radius 3 is 2.94 bits per heavy atom. The number of pyridine rings is 1. The number of hydrogen-bond acceptors (Lipinski definition) is 4. The van der Waals surface area contributed by atoms with Crippen molar-refractivity contribution in [3.8, 4) is 0 Å². The SMILES string of the molecule is CCCNCc1ccnc(NCCOC)c1F. The molecule has 1 aromatic rings. The third-order valence-electron chi connectivity index (χ3n) is 2.31. The topological polar surface area (TPSA) is 46.2 Å². The summed E-state index contributed by atoms with van der Waals surface area (Å²) in [6, 6.07) is 1.69. The molecule has 5 heteroatoms. The molecule has 0 aliphatic rings. The van der Waals surface area contributed by atoms with Gasteiger partial charge < -0.3 is 15.4 Å². The van der Waals surface area contributed by atoms with E-state index in [9.17, 15) is 4.39 Å². The van der Waals surface area contributed by atoms with Crippen molar-refractivity contribution in [3.05, 3.63) is 23.6 Å². The van der Waals surface area contributed by atoms with Crippen molar-refractivity contribution in [1.82, 2.24) is 10.3 Å². The highest BCUT2D eigenvalue weighted by molar-refractivity contribution is 5.39. The number of ether oxygens (including phenoxy) is 1. The van der Waals surface area contributed by atoms with Crippen LogP contribution in [0, 0.1) is 5.82 Å². The summed E-state index contributed by atoms with van der Waals surface area (Å²) in [5.41, 5.74) is 0.633. The number of nitrogens with one attached hydrogen (secondary N) is 2. The number of halogens is 1. The van der Waals surface area contributed by atoms with E-state index in [0.717, 1.165) is 13.0 Å². The highest BCUT2D eigenvalue weighted by Crippen LogP contribution is 2.14. The Balaban J connectivity index is 2.56. The Morgan fingerprint density at radius 2 is 2.24 bits per heavy atom. The number of methoxy groups -OCH3 is 1. The summed E-state index contributed by atoms with van der Waals surface area (Å²) in [5.74, 6) is 0.00468. The van der Waals surface area contributed by atoms with Gasteiger partial charge in [0.1, 0.15) is 0 Å². The van der Waals surface area contributed by atoms with Crippen LogP contribution in [0.15, 0.2) is 12.3 Å². The van der Waals surface area contributed by atoms with Gasteiger partial charge in [0.2, 0.25) is 0 Å². The summed E-state index contributed by atoms with van der Waals surface area (Å²) >= 11 is 0. The lowest BCUT2D eigenvalue weighted by molar-refractivity contribution is 0.210. The lowest BCUT2D eigenvalue weighted by atomic mass is 10.2. The van der Waals surface area contributed by atoms with Crippen LogP contribution in [0.1, 0.15) is 18.9 Å². The van der Waals surface area contributed by atoms with Gasteiger partial charge in [0.25, 0.3) is 0 Å². The summed E-state index contributed by atoms with van der Waals surface area (Å²) in [5, 5.41) is 6.07. The van der Waals surface area contributed by atoms with Crippen LogP contribution in [0.4, 0.5) is 10.2 Å². The van der Waals surface area contributed by atoms with E-state index < -0.39 is 0 Å². The van der Waals surface area contributed by atoms with Gasteiger partial charge in [0, 0.05) is 32.0 Å². The third-order valence-corrected chi connectivity index (χ3v) is 2.31. The molecule has 96 valence electrons. The van der Waals surface area contributed by atoms with E-state index in [1.165, 1.54) is 0 Å². The van der Waals surface area contributed by atoms with Crippen LogP contribution in [0.5, 0.6) is 0 Å². The highest BCUT2D eigenvalue weighted by Gasteiger charge is 2.08. The van der Waals surface area contributed by atoms with Crippen LogP contribution in [-0.4, -0.2) is 31.8 Å². The van der Waals surface area contributed by atoms with E-state index >= 15 is 0 Å². The van der Waals surface area contributed by atoms with Crippen LogP contribution in [0.2, 0.25) is 0 Å². The van der Waals surface area contributed by atoms with Crippen molar-refractivity contribution in [2.45, 2.75) is 19.9 Å². The number of aromatic nitrogens is 1. The molecular weight excluding hydrogens is 221 g/mol. The van der Waals surface area contributed by atoms with Crippen molar-refractivity contribution in [2.24, 2.45) is 0 Å². The molecule has 2 N–H and O–H groups in total. The van der Waals surface area contributed by atoms with Crippen LogP contribution in [0.25, 0.3) is 0 Å². The summed E-state index contributed by atoms with van der Waals surface area (Å²) in [4.78, 5) is 3.97. The average molecular weight is 241 g/mol. The molecule has 4 nitrogen and oxygen atoms in total. The van der Waals surface area contributed by atoms with E-state index in [0.29, 0.717) is 25.3 Å². The second kappa shape index (κ2) is 7.97. The number of hydrogen-bond donors (Lipinski definition) is 2. The van der Waals surface area contributed by atoms with Gasteiger partial charge in [-0.3, -0.25) is 0 Å². The minimum absolute atomic E-state index is 0.285. The molecule has 0 spiro atoms. The van der Waals surface area contributed by atoms with E-state index in [-0.39, 0.29) is 11.6 Å². The van der Waals surface area contributed by atoms with Gasteiger partial charge in [0.15, 0.2) is 11.6 Å². The van der Waals surface area contributed by atoms with Crippen molar-refractivity contribution in [1.29, 1.82) is 0 Å². The van der Waals surface area contributed by atoms with Crippen LogP contribution in [-0.2, 0) is 11.3 Å². The van der Waals surface area contributed by atoms with E-state index in [4.69, 9.17) is 4.74 Å². The van der Waals surface area contributed by atoms with Crippen molar-refractivity contribution in [3.63, 3.8) is 0 Å². The minimum Gasteiger partial charge on any atom is -0.383 e. The molecule has 0 bridgehead atoms. The monoisotopic (exact) mass is 241 g/mol. The molecule has 0 amide bonds. The zero-order valence-corrected chi connectivity index (χ0v) is 10.4. The van der Waals surface area contributed by atoms with Crippen LogP contribution < -0.4 is 10.6 Å². The number of rotatable bonds is 8. The van der Waals surface area contributed by atoms with Crippen LogP contribution in [0.3, 0.4) is 0 Å². The van der Waals surface area contributed by atoms with Gasteiger partial charge in [-0.05, 0) is 19.0 Å². The Kier molecular flexibility index (Phi) is 6.50. The maximum absolute atomic E-state index is 13.9. The molecule has 17 heavy (non-hydrogen) atoms. The number of nitrogens with zero attached hydrogens (tertiary/aromatic N) is 1. The smallest absolute Gasteiger partial charge is 0.169 e. The molecule has 0 saturated carbocycles. The lowest BCUT2D eigenvalue weighted by Crippen LogP contribution is -2.16. The maximum Gasteiger partial charge on any atom is 0.169 e. The first-order chi connectivity index (χ1) is 8.29. The fraction of sp³-hybridized carbons (Fsp3) is 0.583. The summed E-state index contributed by atoms with van der Waals surface area (Å²) in [6.07, 6.45) is 2.65. The van der Waals surface area contributed by atoms with Crippen molar-refractivity contribution >= 4 is 5.82 Å². The van der Waals surface area contributed by atoms with E-state index in [1.54, 1.807) is 19.4 Å². The van der Waals surface area contributed by atoms with Crippen molar-refractivity contribution < 1.29 is 9.13 Å². The molecule has 0 aliphatic carbocycles. The van der Waals surface area contributed by atoms with Crippen LogP contribution >= 0.6 is 0 Å². The standard InChI is InChI=1S/C12H20FN3O/c1-3-5-14-9-10-4-6-15-12(11(10)13)16-7-8-17-2/h4,6,14H,3,5,7-9H2,1-2H3,(H,15,16). The molecule has 1 aromatic heterocycles. The largest absolute Gasteiger partial charge is 0.383 e. The normalized spacial score (nSPS) is 10.5. The number of anilines is 1. The molecule has 0 unspecified atom stereocenters. The second-order valence-corrected chi connectivity index (χ2v) is 3.73.